The first-order valence-electron chi connectivity index (χ1n) is 6.33. The maximum absolute atomic E-state index is 9.32. The minimum Gasteiger partial charge on any atom is -0.398 e. The van der Waals surface area contributed by atoms with Gasteiger partial charge in [-0.2, -0.15) is 5.26 Å². The molecule has 2 nitrogen and oxygen atoms in total. The number of nitrogens with zero attached hydrogens (tertiary/aromatic N) is 1. The van der Waals surface area contributed by atoms with E-state index in [0.717, 1.165) is 16.7 Å². The zero-order valence-electron chi connectivity index (χ0n) is 11.6. The average Bonchev–Trinajstić information content (AvgIpc) is 2.37. The number of rotatable bonds is 1. The molecule has 0 radical (unpaired) electrons. The van der Waals surface area contributed by atoms with Crippen LogP contribution in [0.3, 0.4) is 0 Å². The summed E-state index contributed by atoms with van der Waals surface area (Å²) in [5, 5.41) is 9.32. The molecule has 0 amide bonds. The Kier molecular flexibility index (Phi) is 3.31. The largest absolute Gasteiger partial charge is 0.398 e. The number of nitrogen functional groups attached to an aromatic ring is 1. The zero-order chi connectivity index (χ0) is 14.0. The van der Waals surface area contributed by atoms with Gasteiger partial charge < -0.3 is 5.73 Å². The minimum absolute atomic E-state index is 0.00559. The molecule has 0 unspecified atom stereocenters. The number of anilines is 1. The predicted octanol–water partition coefficient (Wildman–Crippen LogP) is 4.10. The third-order valence-electron chi connectivity index (χ3n) is 3.23. The minimum atomic E-state index is 0.00559. The maximum atomic E-state index is 9.32. The molecule has 0 aliphatic heterocycles. The van der Waals surface area contributed by atoms with Crippen molar-refractivity contribution >= 4 is 5.69 Å². The van der Waals surface area contributed by atoms with Crippen LogP contribution in [0.25, 0.3) is 11.1 Å². The molecule has 96 valence electrons. The number of benzene rings is 2. The predicted molar refractivity (Wildman–Crippen MR) is 79.7 cm³/mol. The Balaban J connectivity index is 2.72. The van der Waals surface area contributed by atoms with Gasteiger partial charge in [-0.25, -0.2) is 0 Å². The molecule has 2 aromatic carbocycles. The highest BCUT2D eigenvalue weighted by molar-refractivity contribution is 5.78. The van der Waals surface area contributed by atoms with Gasteiger partial charge in [-0.15, -0.1) is 0 Å². The Bertz CT molecular complexity index is 629. The lowest BCUT2D eigenvalue weighted by molar-refractivity contribution is 0.591. The summed E-state index contributed by atoms with van der Waals surface area (Å²) in [5.74, 6) is 0. The van der Waals surface area contributed by atoms with Crippen LogP contribution < -0.4 is 5.73 Å². The Morgan fingerprint density at radius 1 is 1.05 bits per heavy atom. The van der Waals surface area contributed by atoms with E-state index in [0.29, 0.717) is 11.3 Å². The summed E-state index contributed by atoms with van der Waals surface area (Å²) in [4.78, 5) is 0. The van der Waals surface area contributed by atoms with E-state index in [1.54, 1.807) is 0 Å². The Labute approximate surface area is 114 Å². The smallest absolute Gasteiger partial charge is 0.102 e. The summed E-state index contributed by atoms with van der Waals surface area (Å²) in [6.07, 6.45) is 0. The fraction of sp³-hybridized carbons (Fsp3) is 0.235. The highest BCUT2D eigenvalue weighted by Crippen LogP contribution is 2.33. The monoisotopic (exact) mass is 250 g/mol. The van der Waals surface area contributed by atoms with Crippen LogP contribution in [0, 0.1) is 11.3 Å². The van der Waals surface area contributed by atoms with E-state index in [9.17, 15) is 5.26 Å². The van der Waals surface area contributed by atoms with E-state index in [2.05, 4.69) is 32.9 Å². The second-order valence-corrected chi connectivity index (χ2v) is 5.72. The molecule has 0 aliphatic carbocycles. The maximum Gasteiger partial charge on any atom is 0.102 e. The van der Waals surface area contributed by atoms with Gasteiger partial charge in [0.25, 0.3) is 0 Å². The fourth-order valence-electron chi connectivity index (χ4n) is 2.07. The molecule has 0 saturated heterocycles. The third kappa shape index (κ3) is 2.61. The lowest BCUT2D eigenvalue weighted by Crippen LogP contribution is -2.12. The van der Waals surface area contributed by atoms with Crippen LogP contribution in [0.1, 0.15) is 31.9 Å². The highest BCUT2D eigenvalue weighted by Gasteiger charge is 2.18. The van der Waals surface area contributed by atoms with Gasteiger partial charge >= 0.3 is 0 Å². The highest BCUT2D eigenvalue weighted by atomic mass is 14.6. The summed E-state index contributed by atoms with van der Waals surface area (Å²) < 4.78 is 0. The van der Waals surface area contributed by atoms with E-state index < -0.39 is 0 Å². The van der Waals surface area contributed by atoms with Gasteiger partial charge in [-0.05, 0) is 28.7 Å². The fourth-order valence-corrected chi connectivity index (χ4v) is 2.07. The molecule has 0 saturated carbocycles. The van der Waals surface area contributed by atoms with Gasteiger partial charge in [-0.3, -0.25) is 0 Å². The van der Waals surface area contributed by atoms with Crippen molar-refractivity contribution in [1.29, 1.82) is 5.26 Å². The van der Waals surface area contributed by atoms with Gasteiger partial charge in [0.2, 0.25) is 0 Å². The topological polar surface area (TPSA) is 49.8 Å². The Morgan fingerprint density at radius 3 is 2.21 bits per heavy atom. The van der Waals surface area contributed by atoms with Crippen LogP contribution in [0.4, 0.5) is 5.69 Å². The number of hydrogen-bond donors (Lipinski definition) is 1. The molecule has 0 aliphatic rings. The van der Waals surface area contributed by atoms with Crippen LogP contribution in [0.15, 0.2) is 42.5 Å². The first-order valence-corrected chi connectivity index (χ1v) is 6.33. The van der Waals surface area contributed by atoms with Crippen LogP contribution in [-0.2, 0) is 5.41 Å². The molecule has 2 aromatic rings. The third-order valence-corrected chi connectivity index (χ3v) is 3.23. The van der Waals surface area contributed by atoms with Crippen LogP contribution >= 0.6 is 0 Å². The van der Waals surface area contributed by atoms with Gasteiger partial charge in [0.05, 0.1) is 11.3 Å². The summed E-state index contributed by atoms with van der Waals surface area (Å²) in [7, 11) is 0. The van der Waals surface area contributed by atoms with Crippen molar-refractivity contribution in [1.82, 2.24) is 0 Å². The normalized spacial score (nSPS) is 11.1. The molecule has 0 atom stereocenters. The summed E-state index contributed by atoms with van der Waals surface area (Å²) in [6.45, 7) is 6.42. The van der Waals surface area contributed by atoms with Crippen molar-refractivity contribution in [3.05, 3.63) is 53.6 Å². The second kappa shape index (κ2) is 4.78. The molecule has 2 N–H and O–H groups in total. The van der Waals surface area contributed by atoms with Crippen molar-refractivity contribution in [2.24, 2.45) is 0 Å². The standard InChI is InChI=1S/C17H18N2/c1-17(2,3)13-9-14(12-7-5-4-6-8-12)15(11-18)16(19)10-13/h4-10H,19H2,1-3H3. The molecule has 2 heteroatoms. The number of hydrogen-bond acceptors (Lipinski definition) is 2. The SMILES string of the molecule is CC(C)(C)c1cc(N)c(C#N)c(-c2ccccc2)c1. The summed E-state index contributed by atoms with van der Waals surface area (Å²) >= 11 is 0. The Hall–Kier alpha value is -2.27. The molecule has 0 fully saturated rings. The lowest BCUT2D eigenvalue weighted by atomic mass is 9.83. The van der Waals surface area contributed by atoms with Gasteiger partial charge in [0.15, 0.2) is 0 Å². The summed E-state index contributed by atoms with van der Waals surface area (Å²) in [6, 6.07) is 16.1. The quantitative estimate of drug-likeness (QED) is 0.774. The van der Waals surface area contributed by atoms with Gasteiger partial charge in [-0.1, -0.05) is 51.1 Å². The van der Waals surface area contributed by atoms with E-state index >= 15 is 0 Å². The first-order chi connectivity index (χ1) is 8.93. The molecule has 2 rings (SSSR count). The van der Waals surface area contributed by atoms with Crippen LogP contribution in [0.5, 0.6) is 0 Å². The number of nitrogens with two attached hydrogens (primary N) is 1. The second-order valence-electron chi connectivity index (χ2n) is 5.72. The van der Waals surface area contributed by atoms with Gasteiger partial charge in [0.1, 0.15) is 6.07 Å². The average molecular weight is 250 g/mol. The van der Waals surface area contributed by atoms with E-state index in [1.165, 1.54) is 0 Å². The zero-order valence-corrected chi connectivity index (χ0v) is 11.6. The van der Waals surface area contributed by atoms with Crippen molar-refractivity contribution < 1.29 is 0 Å². The molecule has 0 spiro atoms. The molecule has 0 aromatic heterocycles. The van der Waals surface area contributed by atoms with Crippen LogP contribution in [0.2, 0.25) is 0 Å². The summed E-state index contributed by atoms with van der Waals surface area (Å²) in [5.41, 5.74) is 10.2. The van der Waals surface area contributed by atoms with Crippen molar-refractivity contribution in [2.75, 3.05) is 5.73 Å². The molecule has 19 heavy (non-hydrogen) atoms. The van der Waals surface area contributed by atoms with Crippen molar-refractivity contribution in [3.63, 3.8) is 0 Å². The van der Waals surface area contributed by atoms with E-state index in [-0.39, 0.29) is 5.41 Å². The van der Waals surface area contributed by atoms with Crippen molar-refractivity contribution in [2.45, 2.75) is 26.2 Å². The molecular formula is C17H18N2. The van der Waals surface area contributed by atoms with Crippen molar-refractivity contribution in [3.8, 4) is 17.2 Å². The van der Waals surface area contributed by atoms with Gasteiger partial charge in [0, 0.05) is 5.56 Å². The molecule has 0 heterocycles. The van der Waals surface area contributed by atoms with E-state index in [1.807, 2.05) is 36.4 Å². The number of nitriles is 1. The first kappa shape index (κ1) is 13.2. The lowest BCUT2D eigenvalue weighted by Gasteiger charge is -2.21. The van der Waals surface area contributed by atoms with E-state index in [4.69, 9.17) is 5.73 Å². The molecular weight excluding hydrogens is 232 g/mol. The molecule has 0 bridgehead atoms. The van der Waals surface area contributed by atoms with Crippen LogP contribution in [-0.4, -0.2) is 0 Å². The Morgan fingerprint density at radius 2 is 1.68 bits per heavy atom.